The SMILES string of the molecule is CCOCCN(CCOCC)c1cc(C)ccc1S(=O)(=O)Nc1ccccc1. The van der Waals surface area contributed by atoms with E-state index >= 15 is 0 Å². The van der Waals surface area contributed by atoms with Crippen LogP contribution in [-0.4, -0.2) is 47.9 Å². The van der Waals surface area contributed by atoms with Gasteiger partial charge in [0.1, 0.15) is 4.90 Å². The van der Waals surface area contributed by atoms with Crippen molar-refractivity contribution in [1.29, 1.82) is 0 Å². The molecule has 28 heavy (non-hydrogen) atoms. The predicted molar refractivity (Wildman–Crippen MR) is 114 cm³/mol. The molecule has 0 radical (unpaired) electrons. The molecule has 0 spiro atoms. The zero-order valence-corrected chi connectivity index (χ0v) is 17.7. The van der Waals surface area contributed by atoms with E-state index in [0.29, 0.717) is 50.9 Å². The van der Waals surface area contributed by atoms with E-state index in [4.69, 9.17) is 9.47 Å². The van der Waals surface area contributed by atoms with Crippen LogP contribution in [0.25, 0.3) is 0 Å². The molecule has 0 atom stereocenters. The Labute approximate surface area is 168 Å². The highest BCUT2D eigenvalue weighted by Crippen LogP contribution is 2.28. The lowest BCUT2D eigenvalue weighted by molar-refractivity contribution is 0.141. The average Bonchev–Trinajstić information content (AvgIpc) is 2.67. The molecule has 2 rings (SSSR count). The van der Waals surface area contributed by atoms with Gasteiger partial charge in [-0.25, -0.2) is 8.42 Å². The minimum Gasteiger partial charge on any atom is -0.380 e. The Balaban J connectivity index is 2.35. The molecule has 154 valence electrons. The summed E-state index contributed by atoms with van der Waals surface area (Å²) in [6.45, 7) is 9.27. The first-order valence-corrected chi connectivity index (χ1v) is 11.0. The summed E-state index contributed by atoms with van der Waals surface area (Å²) in [6, 6.07) is 14.3. The van der Waals surface area contributed by atoms with Crippen LogP contribution in [0.2, 0.25) is 0 Å². The van der Waals surface area contributed by atoms with Crippen LogP contribution >= 0.6 is 0 Å². The number of nitrogens with one attached hydrogen (secondary N) is 1. The Bertz CT molecular complexity index is 816. The standard InChI is InChI=1S/C21H30N2O4S/c1-4-26-15-13-23(14-16-27-5-2)20-17-18(3)11-12-21(20)28(24,25)22-19-9-7-6-8-10-19/h6-12,17,22H,4-5,13-16H2,1-3H3. The molecule has 0 saturated heterocycles. The van der Waals surface area contributed by atoms with Crippen molar-refractivity contribution in [2.45, 2.75) is 25.7 Å². The number of aryl methyl sites for hydroxylation is 1. The second kappa shape index (κ2) is 11.0. The Kier molecular flexibility index (Phi) is 8.76. The molecule has 0 amide bonds. The number of hydrogen-bond donors (Lipinski definition) is 1. The first kappa shape index (κ1) is 22.2. The fourth-order valence-corrected chi connectivity index (χ4v) is 4.08. The summed E-state index contributed by atoms with van der Waals surface area (Å²) in [4.78, 5) is 2.26. The Morgan fingerprint density at radius 2 is 1.54 bits per heavy atom. The lowest BCUT2D eigenvalue weighted by Crippen LogP contribution is -2.33. The maximum atomic E-state index is 13.1. The molecule has 0 heterocycles. The largest absolute Gasteiger partial charge is 0.380 e. The van der Waals surface area contributed by atoms with Gasteiger partial charge in [-0.1, -0.05) is 24.3 Å². The van der Waals surface area contributed by atoms with Crippen molar-refractivity contribution in [2.24, 2.45) is 0 Å². The van der Waals surface area contributed by atoms with Gasteiger partial charge < -0.3 is 14.4 Å². The Hall–Kier alpha value is -2.09. The predicted octanol–water partition coefficient (Wildman–Crippen LogP) is 3.68. The van der Waals surface area contributed by atoms with Gasteiger partial charge in [-0.3, -0.25) is 4.72 Å². The van der Waals surface area contributed by atoms with Crippen molar-refractivity contribution in [2.75, 3.05) is 49.1 Å². The van der Waals surface area contributed by atoms with Crippen LogP contribution in [0.1, 0.15) is 19.4 Å². The van der Waals surface area contributed by atoms with Crippen LogP contribution in [0.3, 0.4) is 0 Å². The maximum absolute atomic E-state index is 13.1. The molecular formula is C21H30N2O4S. The summed E-state index contributed by atoms with van der Waals surface area (Å²) in [5.74, 6) is 0. The highest BCUT2D eigenvalue weighted by molar-refractivity contribution is 7.92. The van der Waals surface area contributed by atoms with Gasteiger partial charge in [0.05, 0.1) is 18.9 Å². The molecule has 2 aromatic carbocycles. The molecule has 0 fully saturated rings. The van der Waals surface area contributed by atoms with E-state index in [-0.39, 0.29) is 4.90 Å². The summed E-state index contributed by atoms with van der Waals surface area (Å²) in [6.07, 6.45) is 0. The van der Waals surface area contributed by atoms with Crippen LogP contribution in [0.15, 0.2) is 53.4 Å². The van der Waals surface area contributed by atoms with E-state index in [1.165, 1.54) is 0 Å². The monoisotopic (exact) mass is 406 g/mol. The van der Waals surface area contributed by atoms with Gasteiger partial charge >= 0.3 is 0 Å². The summed E-state index contributed by atoms with van der Waals surface area (Å²) < 4.78 is 39.9. The van der Waals surface area contributed by atoms with Crippen molar-refractivity contribution in [3.63, 3.8) is 0 Å². The second-order valence-corrected chi connectivity index (χ2v) is 7.97. The van der Waals surface area contributed by atoms with Crippen LogP contribution in [0, 0.1) is 6.92 Å². The lowest BCUT2D eigenvalue weighted by Gasteiger charge is -2.27. The molecule has 2 aromatic rings. The fraction of sp³-hybridized carbons (Fsp3) is 0.429. The number of sulfonamides is 1. The highest BCUT2D eigenvalue weighted by Gasteiger charge is 2.22. The zero-order valence-electron chi connectivity index (χ0n) is 16.8. The van der Waals surface area contributed by atoms with Gasteiger partial charge in [0.2, 0.25) is 0 Å². The summed E-state index contributed by atoms with van der Waals surface area (Å²) in [7, 11) is -3.74. The van der Waals surface area contributed by atoms with Crippen LogP contribution < -0.4 is 9.62 Å². The minimum absolute atomic E-state index is 0.245. The molecule has 7 heteroatoms. The third-order valence-electron chi connectivity index (χ3n) is 4.19. The normalized spacial score (nSPS) is 11.4. The van der Waals surface area contributed by atoms with Crippen LogP contribution in [0.5, 0.6) is 0 Å². The van der Waals surface area contributed by atoms with E-state index in [0.717, 1.165) is 5.56 Å². The minimum atomic E-state index is -3.74. The summed E-state index contributed by atoms with van der Waals surface area (Å²) in [5, 5.41) is 0. The smallest absolute Gasteiger partial charge is 0.263 e. The summed E-state index contributed by atoms with van der Waals surface area (Å²) >= 11 is 0. The number of ether oxygens (including phenoxy) is 2. The topological polar surface area (TPSA) is 67.9 Å². The number of rotatable bonds is 12. The van der Waals surface area contributed by atoms with Gasteiger partial charge in [0.25, 0.3) is 10.0 Å². The quantitative estimate of drug-likeness (QED) is 0.545. The first-order chi connectivity index (χ1) is 13.5. The lowest BCUT2D eigenvalue weighted by atomic mass is 10.2. The van der Waals surface area contributed by atoms with Crippen LogP contribution in [-0.2, 0) is 19.5 Å². The van der Waals surface area contributed by atoms with Crippen LogP contribution in [0.4, 0.5) is 11.4 Å². The molecule has 0 aliphatic carbocycles. The van der Waals surface area contributed by atoms with Crippen molar-refractivity contribution < 1.29 is 17.9 Å². The fourth-order valence-electron chi connectivity index (χ4n) is 2.81. The molecule has 0 aromatic heterocycles. The Morgan fingerprint density at radius 3 is 2.11 bits per heavy atom. The molecule has 0 saturated carbocycles. The van der Waals surface area contributed by atoms with E-state index in [1.54, 1.807) is 30.3 Å². The first-order valence-electron chi connectivity index (χ1n) is 9.57. The van der Waals surface area contributed by atoms with Gasteiger partial charge in [0, 0.05) is 32.0 Å². The van der Waals surface area contributed by atoms with Crippen molar-refractivity contribution in [3.05, 3.63) is 54.1 Å². The Morgan fingerprint density at radius 1 is 0.929 bits per heavy atom. The van der Waals surface area contributed by atoms with Gasteiger partial charge in [-0.15, -0.1) is 0 Å². The van der Waals surface area contributed by atoms with E-state index in [1.807, 2.05) is 43.9 Å². The van der Waals surface area contributed by atoms with E-state index < -0.39 is 10.0 Å². The average molecular weight is 407 g/mol. The number of para-hydroxylation sites is 1. The van der Waals surface area contributed by atoms with Gasteiger partial charge in [-0.2, -0.15) is 0 Å². The van der Waals surface area contributed by atoms with Gasteiger partial charge in [-0.05, 0) is 50.6 Å². The van der Waals surface area contributed by atoms with Crippen molar-refractivity contribution in [1.82, 2.24) is 0 Å². The second-order valence-electron chi connectivity index (χ2n) is 6.32. The molecule has 1 N–H and O–H groups in total. The number of hydrogen-bond acceptors (Lipinski definition) is 5. The third-order valence-corrected chi connectivity index (χ3v) is 5.62. The molecular weight excluding hydrogens is 376 g/mol. The molecule has 0 unspecified atom stereocenters. The maximum Gasteiger partial charge on any atom is 0.263 e. The molecule has 6 nitrogen and oxygen atoms in total. The zero-order chi connectivity index (χ0) is 20.4. The van der Waals surface area contributed by atoms with E-state index in [2.05, 4.69) is 4.72 Å². The van der Waals surface area contributed by atoms with Crippen molar-refractivity contribution in [3.8, 4) is 0 Å². The third kappa shape index (κ3) is 6.51. The number of nitrogens with zero attached hydrogens (tertiary/aromatic N) is 1. The highest BCUT2D eigenvalue weighted by atomic mass is 32.2. The van der Waals surface area contributed by atoms with Crippen molar-refractivity contribution >= 4 is 21.4 Å². The number of anilines is 2. The molecule has 0 bridgehead atoms. The summed E-state index contributed by atoms with van der Waals surface area (Å²) in [5.41, 5.74) is 2.18. The number of benzene rings is 2. The molecule has 0 aliphatic rings. The van der Waals surface area contributed by atoms with Gasteiger partial charge in [0.15, 0.2) is 0 Å². The van der Waals surface area contributed by atoms with E-state index in [9.17, 15) is 8.42 Å². The molecule has 0 aliphatic heterocycles.